The minimum Gasteiger partial charge on any atom is -0.323 e. The van der Waals surface area contributed by atoms with Crippen molar-refractivity contribution in [1.82, 2.24) is 0 Å². The predicted octanol–water partition coefficient (Wildman–Crippen LogP) is 5.02. The van der Waals surface area contributed by atoms with Crippen LogP contribution in [-0.2, 0) is 6.42 Å². The number of hydrogen-bond donors (Lipinski definition) is 1. The van der Waals surface area contributed by atoms with Crippen LogP contribution in [0.5, 0.6) is 0 Å². The number of benzene rings is 1. The van der Waals surface area contributed by atoms with Crippen LogP contribution in [0.1, 0.15) is 47.2 Å². The Morgan fingerprint density at radius 1 is 1.32 bits per heavy atom. The molecule has 100 valence electrons. The van der Waals surface area contributed by atoms with E-state index in [2.05, 4.69) is 51.6 Å². The van der Waals surface area contributed by atoms with Crippen molar-refractivity contribution in [2.75, 3.05) is 0 Å². The van der Waals surface area contributed by atoms with Crippen molar-refractivity contribution in [1.29, 1.82) is 0 Å². The number of halogens is 1. The number of hydrogen-bond acceptors (Lipinski definition) is 2. The van der Waals surface area contributed by atoms with Gasteiger partial charge in [0.15, 0.2) is 0 Å². The average Bonchev–Trinajstić information content (AvgIpc) is 2.85. The van der Waals surface area contributed by atoms with Gasteiger partial charge in [-0.2, -0.15) is 0 Å². The topological polar surface area (TPSA) is 26.0 Å². The second-order valence-electron chi connectivity index (χ2n) is 5.26. The van der Waals surface area contributed by atoms with Gasteiger partial charge in [0.05, 0.1) is 0 Å². The number of aryl methyl sites for hydroxylation is 1. The van der Waals surface area contributed by atoms with Crippen LogP contribution in [0.15, 0.2) is 40.2 Å². The van der Waals surface area contributed by atoms with Gasteiger partial charge < -0.3 is 5.73 Å². The van der Waals surface area contributed by atoms with Crippen LogP contribution in [0.4, 0.5) is 0 Å². The van der Waals surface area contributed by atoms with Gasteiger partial charge in [0.1, 0.15) is 0 Å². The second-order valence-corrected chi connectivity index (χ2v) is 7.06. The lowest BCUT2D eigenvalue weighted by atomic mass is 9.79. The minimum atomic E-state index is 0.144. The molecule has 0 fully saturated rings. The zero-order chi connectivity index (χ0) is 13.2. The van der Waals surface area contributed by atoms with Gasteiger partial charge in [-0.15, -0.1) is 11.3 Å². The molecule has 1 heterocycles. The van der Waals surface area contributed by atoms with Crippen LogP contribution >= 0.6 is 27.3 Å². The molecule has 3 heteroatoms. The molecule has 1 aliphatic rings. The van der Waals surface area contributed by atoms with Crippen LogP contribution < -0.4 is 5.73 Å². The Hall–Kier alpha value is -0.640. The fourth-order valence-electron chi connectivity index (χ4n) is 3.08. The summed E-state index contributed by atoms with van der Waals surface area (Å²) in [5.74, 6) is 0.619. The quantitative estimate of drug-likeness (QED) is 0.837. The van der Waals surface area contributed by atoms with E-state index in [4.69, 9.17) is 5.73 Å². The largest absolute Gasteiger partial charge is 0.323 e. The lowest BCUT2D eigenvalue weighted by Crippen LogP contribution is -2.17. The van der Waals surface area contributed by atoms with Crippen molar-refractivity contribution in [2.24, 2.45) is 5.73 Å². The summed E-state index contributed by atoms with van der Waals surface area (Å²) in [7, 11) is 0. The molecule has 0 aliphatic heterocycles. The fourth-order valence-corrected chi connectivity index (χ4v) is 4.77. The summed E-state index contributed by atoms with van der Waals surface area (Å²) in [4.78, 5) is 1.28. The highest BCUT2D eigenvalue weighted by Crippen LogP contribution is 2.39. The summed E-state index contributed by atoms with van der Waals surface area (Å²) in [6, 6.07) is 11.1. The molecule has 0 radical (unpaired) electrons. The minimum absolute atomic E-state index is 0.144. The molecule has 1 aliphatic carbocycles. The first-order valence-electron chi connectivity index (χ1n) is 6.82. The number of nitrogens with two attached hydrogens (primary N) is 1. The fraction of sp³-hybridized carbons (Fsp3) is 0.375. The van der Waals surface area contributed by atoms with E-state index in [0.717, 1.165) is 10.9 Å². The highest BCUT2D eigenvalue weighted by molar-refractivity contribution is 9.10. The standard InChI is InChI=1S/C16H18BrNS/c17-14-8-9-19-16(14)15(18)10-12-6-3-5-11-4-1-2-7-13(11)12/h1-2,4,7-9,12,15H,3,5-6,10,18H2. The molecule has 0 spiro atoms. The van der Waals surface area contributed by atoms with Crippen molar-refractivity contribution < 1.29 is 0 Å². The second kappa shape index (κ2) is 5.78. The Balaban J connectivity index is 1.80. The van der Waals surface area contributed by atoms with E-state index in [1.54, 1.807) is 11.3 Å². The van der Waals surface area contributed by atoms with Gasteiger partial charge in [0.25, 0.3) is 0 Å². The molecule has 2 atom stereocenters. The Morgan fingerprint density at radius 2 is 2.16 bits per heavy atom. The van der Waals surface area contributed by atoms with Crippen LogP contribution in [0.25, 0.3) is 0 Å². The smallest absolute Gasteiger partial charge is 0.0407 e. The van der Waals surface area contributed by atoms with Crippen molar-refractivity contribution in [3.63, 3.8) is 0 Å². The van der Waals surface area contributed by atoms with Gasteiger partial charge >= 0.3 is 0 Å². The zero-order valence-electron chi connectivity index (χ0n) is 10.8. The molecule has 2 N–H and O–H groups in total. The van der Waals surface area contributed by atoms with Crippen LogP contribution in [0.3, 0.4) is 0 Å². The molecule has 3 rings (SSSR count). The monoisotopic (exact) mass is 335 g/mol. The van der Waals surface area contributed by atoms with Gasteiger partial charge in [0, 0.05) is 15.4 Å². The Bertz CT molecular complexity index is 563. The third kappa shape index (κ3) is 2.78. The van der Waals surface area contributed by atoms with E-state index in [9.17, 15) is 0 Å². The Morgan fingerprint density at radius 3 is 2.95 bits per heavy atom. The number of fused-ring (bicyclic) bond motifs is 1. The molecule has 1 nitrogen and oxygen atoms in total. The molecular formula is C16H18BrNS. The Kier molecular flexibility index (Phi) is 4.06. The maximum Gasteiger partial charge on any atom is 0.0407 e. The zero-order valence-corrected chi connectivity index (χ0v) is 13.2. The van der Waals surface area contributed by atoms with Gasteiger partial charge in [-0.3, -0.25) is 0 Å². The van der Waals surface area contributed by atoms with Crippen LogP contribution in [-0.4, -0.2) is 0 Å². The van der Waals surface area contributed by atoms with E-state index >= 15 is 0 Å². The summed E-state index contributed by atoms with van der Waals surface area (Å²) in [6.45, 7) is 0. The first kappa shape index (κ1) is 13.3. The lowest BCUT2D eigenvalue weighted by Gasteiger charge is -2.27. The summed E-state index contributed by atoms with van der Waals surface area (Å²) in [6.07, 6.45) is 4.84. The highest BCUT2D eigenvalue weighted by atomic mass is 79.9. The van der Waals surface area contributed by atoms with Crippen molar-refractivity contribution in [2.45, 2.75) is 37.6 Å². The number of rotatable bonds is 3. The Labute approximate surface area is 127 Å². The molecule has 0 amide bonds. The van der Waals surface area contributed by atoms with Crippen molar-refractivity contribution in [3.05, 3.63) is 56.2 Å². The van der Waals surface area contributed by atoms with Gasteiger partial charge in [-0.1, -0.05) is 24.3 Å². The van der Waals surface area contributed by atoms with E-state index < -0.39 is 0 Å². The molecule has 0 bridgehead atoms. The number of thiophene rings is 1. The third-order valence-electron chi connectivity index (χ3n) is 4.01. The van der Waals surface area contributed by atoms with Crippen molar-refractivity contribution in [3.8, 4) is 0 Å². The summed E-state index contributed by atoms with van der Waals surface area (Å²) in [5, 5.41) is 2.11. The first-order valence-corrected chi connectivity index (χ1v) is 8.49. The molecule has 2 aromatic rings. The average molecular weight is 336 g/mol. The summed E-state index contributed by atoms with van der Waals surface area (Å²) in [5.41, 5.74) is 9.46. The molecule has 0 saturated carbocycles. The van der Waals surface area contributed by atoms with E-state index in [1.165, 1.54) is 35.3 Å². The maximum absolute atomic E-state index is 6.41. The first-order chi connectivity index (χ1) is 9.25. The SMILES string of the molecule is NC(CC1CCCc2ccccc21)c1sccc1Br. The van der Waals surface area contributed by atoms with Crippen molar-refractivity contribution >= 4 is 27.3 Å². The van der Waals surface area contributed by atoms with Crippen LogP contribution in [0.2, 0.25) is 0 Å². The maximum atomic E-state index is 6.41. The van der Waals surface area contributed by atoms with Crippen LogP contribution in [0, 0.1) is 0 Å². The van der Waals surface area contributed by atoms with E-state index in [0.29, 0.717) is 5.92 Å². The molecule has 0 saturated heterocycles. The lowest BCUT2D eigenvalue weighted by molar-refractivity contribution is 0.479. The highest BCUT2D eigenvalue weighted by Gasteiger charge is 2.23. The van der Waals surface area contributed by atoms with E-state index in [-0.39, 0.29) is 6.04 Å². The molecule has 1 aromatic heterocycles. The third-order valence-corrected chi connectivity index (χ3v) is 6.02. The summed E-state index contributed by atoms with van der Waals surface area (Å²) < 4.78 is 1.16. The molecule has 2 unspecified atom stereocenters. The molecular weight excluding hydrogens is 318 g/mol. The summed E-state index contributed by atoms with van der Waals surface area (Å²) >= 11 is 5.35. The van der Waals surface area contributed by atoms with Gasteiger partial charge in [-0.25, -0.2) is 0 Å². The van der Waals surface area contributed by atoms with E-state index in [1.807, 2.05) is 0 Å². The predicted molar refractivity (Wildman–Crippen MR) is 85.7 cm³/mol. The molecule has 1 aromatic carbocycles. The molecule has 19 heavy (non-hydrogen) atoms. The van der Waals surface area contributed by atoms with Gasteiger partial charge in [0.2, 0.25) is 0 Å². The van der Waals surface area contributed by atoms with Gasteiger partial charge in [-0.05, 0) is 70.1 Å². The normalized spacial score (nSPS) is 20.0.